The van der Waals surface area contributed by atoms with Crippen LogP contribution in [0.1, 0.15) is 26.2 Å². The van der Waals surface area contributed by atoms with Crippen LogP contribution in [-0.4, -0.2) is 49.0 Å². The average Bonchev–Trinajstić information content (AvgIpc) is 2.59. The van der Waals surface area contributed by atoms with Gasteiger partial charge >= 0.3 is 11.9 Å². The van der Waals surface area contributed by atoms with Gasteiger partial charge in [0.15, 0.2) is 0 Å². The first-order chi connectivity index (χ1) is 7.95. The molecule has 0 aromatic heterocycles. The Balaban J connectivity index is 2.44. The minimum Gasteiger partial charge on any atom is -0.469 e. The van der Waals surface area contributed by atoms with Gasteiger partial charge in [-0.3, -0.25) is 9.59 Å². The zero-order valence-corrected chi connectivity index (χ0v) is 10.3. The molecule has 1 rings (SSSR count). The molecular weight excluding hydrogens is 226 g/mol. The molecule has 0 aliphatic carbocycles. The van der Waals surface area contributed by atoms with Crippen molar-refractivity contribution in [3.8, 4) is 0 Å². The van der Waals surface area contributed by atoms with Gasteiger partial charge in [0.25, 0.3) is 0 Å². The third kappa shape index (κ3) is 3.44. The molecule has 1 saturated heterocycles. The molecule has 0 N–H and O–H groups in total. The molecule has 6 heteroatoms. The molecule has 1 heterocycles. The van der Waals surface area contributed by atoms with Gasteiger partial charge in [-0.25, -0.2) is 4.79 Å². The molecule has 2 atom stereocenters. The van der Waals surface area contributed by atoms with E-state index >= 15 is 0 Å². The Kier molecular flexibility index (Phi) is 4.48. The van der Waals surface area contributed by atoms with Crippen molar-refractivity contribution in [2.75, 3.05) is 14.2 Å². The van der Waals surface area contributed by atoms with E-state index in [9.17, 15) is 14.4 Å². The van der Waals surface area contributed by atoms with Crippen molar-refractivity contribution >= 4 is 17.8 Å². The molecule has 1 amide bonds. The monoisotopic (exact) mass is 243 g/mol. The van der Waals surface area contributed by atoms with Gasteiger partial charge in [0, 0.05) is 13.5 Å². The van der Waals surface area contributed by atoms with Gasteiger partial charge in [0.05, 0.1) is 13.5 Å². The Morgan fingerprint density at radius 3 is 2.65 bits per heavy atom. The Labute approximate surface area is 99.9 Å². The standard InChI is InChI=1S/C11H17NO5/c1-7(6-10(14)16-3)17-11(15)8-4-5-9(13)12(8)2/h7-8H,4-6H2,1-3H3/t7-,8?/m1/s1. The van der Waals surface area contributed by atoms with E-state index < -0.39 is 24.1 Å². The predicted molar refractivity (Wildman–Crippen MR) is 58.0 cm³/mol. The maximum Gasteiger partial charge on any atom is 0.329 e. The van der Waals surface area contributed by atoms with E-state index in [0.717, 1.165) is 0 Å². The molecule has 0 radical (unpaired) electrons. The molecular formula is C11H17NO5. The van der Waals surface area contributed by atoms with Crippen LogP contribution in [0.15, 0.2) is 0 Å². The number of hydrogen-bond acceptors (Lipinski definition) is 5. The number of likely N-dealkylation sites (tertiary alicyclic amines) is 1. The number of hydrogen-bond donors (Lipinski definition) is 0. The van der Waals surface area contributed by atoms with Gasteiger partial charge in [-0.05, 0) is 13.3 Å². The Hall–Kier alpha value is -1.59. The molecule has 1 fully saturated rings. The number of ether oxygens (including phenoxy) is 2. The minimum atomic E-state index is -0.543. The van der Waals surface area contributed by atoms with Crippen molar-refractivity contribution in [2.24, 2.45) is 0 Å². The van der Waals surface area contributed by atoms with Gasteiger partial charge in [0.1, 0.15) is 12.1 Å². The number of likely N-dealkylation sites (N-methyl/N-ethyl adjacent to an activating group) is 1. The largest absolute Gasteiger partial charge is 0.469 e. The smallest absolute Gasteiger partial charge is 0.329 e. The second-order valence-corrected chi connectivity index (χ2v) is 4.09. The minimum absolute atomic E-state index is 0.0205. The lowest BCUT2D eigenvalue weighted by atomic mass is 10.2. The Morgan fingerprint density at radius 1 is 1.53 bits per heavy atom. The van der Waals surface area contributed by atoms with Crippen LogP contribution in [0, 0.1) is 0 Å². The predicted octanol–water partition coefficient (Wildman–Crippen LogP) is 0.102. The first kappa shape index (κ1) is 13.5. The van der Waals surface area contributed by atoms with E-state index in [1.54, 1.807) is 14.0 Å². The molecule has 0 saturated carbocycles. The highest BCUT2D eigenvalue weighted by Crippen LogP contribution is 2.18. The van der Waals surface area contributed by atoms with Crippen molar-refractivity contribution in [3.63, 3.8) is 0 Å². The summed E-state index contributed by atoms with van der Waals surface area (Å²) in [6, 6.07) is -0.525. The normalized spacial score (nSPS) is 21.2. The molecule has 1 aliphatic rings. The van der Waals surface area contributed by atoms with Crippen LogP contribution in [0.2, 0.25) is 0 Å². The first-order valence-electron chi connectivity index (χ1n) is 5.48. The fourth-order valence-corrected chi connectivity index (χ4v) is 1.72. The zero-order chi connectivity index (χ0) is 13.0. The van der Waals surface area contributed by atoms with Crippen LogP contribution in [0.5, 0.6) is 0 Å². The van der Waals surface area contributed by atoms with Gasteiger partial charge < -0.3 is 14.4 Å². The quantitative estimate of drug-likeness (QED) is 0.655. The summed E-state index contributed by atoms with van der Waals surface area (Å²) in [5, 5.41) is 0. The number of rotatable bonds is 4. The number of carbonyl (C=O) groups is 3. The number of esters is 2. The van der Waals surface area contributed by atoms with Crippen LogP contribution in [0.25, 0.3) is 0 Å². The van der Waals surface area contributed by atoms with E-state index in [2.05, 4.69) is 4.74 Å². The summed E-state index contributed by atoms with van der Waals surface area (Å²) >= 11 is 0. The molecule has 0 bridgehead atoms. The van der Waals surface area contributed by atoms with Crippen molar-refractivity contribution in [2.45, 2.75) is 38.3 Å². The first-order valence-corrected chi connectivity index (χ1v) is 5.48. The summed E-state index contributed by atoms with van der Waals surface area (Å²) in [5.74, 6) is -0.955. The average molecular weight is 243 g/mol. The summed E-state index contributed by atoms with van der Waals surface area (Å²) in [7, 11) is 2.85. The van der Waals surface area contributed by atoms with E-state index in [4.69, 9.17) is 4.74 Å². The van der Waals surface area contributed by atoms with E-state index in [0.29, 0.717) is 12.8 Å². The summed E-state index contributed by atoms with van der Waals surface area (Å²) in [6.07, 6.45) is 0.312. The highest BCUT2D eigenvalue weighted by Gasteiger charge is 2.35. The molecule has 1 aliphatic heterocycles. The number of nitrogens with zero attached hydrogens (tertiary/aromatic N) is 1. The van der Waals surface area contributed by atoms with Gasteiger partial charge in [-0.2, -0.15) is 0 Å². The number of amides is 1. The Morgan fingerprint density at radius 2 is 2.18 bits per heavy atom. The molecule has 96 valence electrons. The molecule has 1 unspecified atom stereocenters. The molecule has 0 spiro atoms. The number of carbonyl (C=O) groups excluding carboxylic acids is 3. The number of methoxy groups -OCH3 is 1. The lowest BCUT2D eigenvalue weighted by Crippen LogP contribution is -2.38. The Bertz CT molecular complexity index is 328. The molecule has 17 heavy (non-hydrogen) atoms. The third-order valence-corrected chi connectivity index (χ3v) is 2.76. The van der Waals surface area contributed by atoms with Crippen LogP contribution in [0.3, 0.4) is 0 Å². The maximum absolute atomic E-state index is 11.7. The lowest BCUT2D eigenvalue weighted by Gasteiger charge is -2.20. The molecule has 0 aromatic carbocycles. The van der Waals surface area contributed by atoms with Gasteiger partial charge in [-0.15, -0.1) is 0 Å². The van der Waals surface area contributed by atoms with Crippen LogP contribution < -0.4 is 0 Å². The molecule has 0 aromatic rings. The van der Waals surface area contributed by atoms with Gasteiger partial charge in [-0.1, -0.05) is 0 Å². The van der Waals surface area contributed by atoms with Crippen molar-refractivity contribution in [1.29, 1.82) is 0 Å². The lowest BCUT2D eigenvalue weighted by molar-refractivity contribution is -0.158. The second kappa shape index (κ2) is 5.65. The van der Waals surface area contributed by atoms with Crippen molar-refractivity contribution in [3.05, 3.63) is 0 Å². The van der Waals surface area contributed by atoms with Gasteiger partial charge in [0.2, 0.25) is 5.91 Å². The fraction of sp³-hybridized carbons (Fsp3) is 0.727. The highest BCUT2D eigenvalue weighted by molar-refractivity contribution is 5.88. The van der Waals surface area contributed by atoms with Crippen molar-refractivity contribution < 1.29 is 23.9 Å². The summed E-state index contributed by atoms with van der Waals surface area (Å²) in [6.45, 7) is 1.62. The van der Waals surface area contributed by atoms with E-state index in [1.165, 1.54) is 12.0 Å². The van der Waals surface area contributed by atoms with E-state index in [-0.39, 0.29) is 12.3 Å². The van der Waals surface area contributed by atoms with Crippen LogP contribution in [0.4, 0.5) is 0 Å². The zero-order valence-electron chi connectivity index (χ0n) is 10.3. The maximum atomic E-state index is 11.7. The topological polar surface area (TPSA) is 72.9 Å². The summed E-state index contributed by atoms with van der Waals surface area (Å²) in [4.78, 5) is 35.3. The SMILES string of the molecule is COC(=O)C[C@@H](C)OC(=O)C1CCC(=O)N1C. The summed E-state index contributed by atoms with van der Waals surface area (Å²) < 4.78 is 9.56. The second-order valence-electron chi connectivity index (χ2n) is 4.09. The highest BCUT2D eigenvalue weighted by atomic mass is 16.6. The van der Waals surface area contributed by atoms with Crippen LogP contribution in [-0.2, 0) is 23.9 Å². The summed E-state index contributed by atoms with van der Waals surface area (Å²) in [5.41, 5.74) is 0. The van der Waals surface area contributed by atoms with E-state index in [1.807, 2.05) is 0 Å². The van der Waals surface area contributed by atoms with Crippen molar-refractivity contribution in [1.82, 2.24) is 4.90 Å². The molecule has 6 nitrogen and oxygen atoms in total. The third-order valence-electron chi connectivity index (χ3n) is 2.76. The fourth-order valence-electron chi connectivity index (χ4n) is 1.72. The van der Waals surface area contributed by atoms with Crippen LogP contribution >= 0.6 is 0 Å².